The molecule has 1 aliphatic rings. The van der Waals surface area contributed by atoms with Crippen LogP contribution in [0, 0.1) is 13.8 Å². The molecule has 0 unspecified atom stereocenters. The van der Waals surface area contributed by atoms with Crippen molar-refractivity contribution in [2.75, 3.05) is 32.7 Å². The van der Waals surface area contributed by atoms with Gasteiger partial charge in [-0.2, -0.15) is 0 Å². The minimum atomic E-state index is 1.15. The fraction of sp³-hybridized carbons (Fsp3) is 0.571. The maximum Gasteiger partial charge on any atom is 0.0108 e. The van der Waals surface area contributed by atoms with E-state index in [1.807, 2.05) is 0 Å². The lowest BCUT2D eigenvalue weighted by Gasteiger charge is -2.27. The molecule has 1 saturated heterocycles. The highest BCUT2D eigenvalue weighted by Crippen LogP contribution is 2.10. The zero-order valence-electron chi connectivity index (χ0n) is 10.4. The summed E-state index contributed by atoms with van der Waals surface area (Å²) in [5.74, 6) is 0. The molecule has 1 aromatic carbocycles. The van der Waals surface area contributed by atoms with Crippen LogP contribution in [0.15, 0.2) is 18.2 Å². The van der Waals surface area contributed by atoms with Crippen LogP contribution in [0.5, 0.6) is 0 Å². The van der Waals surface area contributed by atoms with Crippen LogP contribution in [0.4, 0.5) is 0 Å². The van der Waals surface area contributed by atoms with E-state index in [-0.39, 0.29) is 0 Å². The summed E-state index contributed by atoms with van der Waals surface area (Å²) in [6.45, 7) is 10.3. The molecule has 1 fully saturated rings. The van der Waals surface area contributed by atoms with E-state index in [1.165, 1.54) is 42.7 Å². The summed E-state index contributed by atoms with van der Waals surface area (Å²) in [4.78, 5) is 2.55. The number of rotatable bonds is 3. The van der Waals surface area contributed by atoms with E-state index < -0.39 is 0 Å². The number of nitrogens with one attached hydrogen (secondary N) is 1. The highest BCUT2D eigenvalue weighted by molar-refractivity contribution is 5.28. The molecule has 1 aromatic rings. The lowest BCUT2D eigenvalue weighted by Crippen LogP contribution is -2.44. The second kappa shape index (κ2) is 5.46. The van der Waals surface area contributed by atoms with Gasteiger partial charge in [-0.15, -0.1) is 0 Å². The molecule has 2 rings (SSSR count). The molecule has 2 nitrogen and oxygen atoms in total. The van der Waals surface area contributed by atoms with E-state index in [0.717, 1.165) is 13.1 Å². The van der Waals surface area contributed by atoms with Gasteiger partial charge in [-0.05, 0) is 25.8 Å². The standard InChI is InChI=1S/C14H22N2/c1-12-9-13(2)11-14(10-12)3-6-16-7-4-15-5-8-16/h9-11,15H,3-8H2,1-2H3. The first-order valence-electron chi connectivity index (χ1n) is 6.24. The Morgan fingerprint density at radius 3 is 2.31 bits per heavy atom. The predicted octanol–water partition coefficient (Wildman–Crippen LogP) is 1.75. The second-order valence-electron chi connectivity index (χ2n) is 4.84. The summed E-state index contributed by atoms with van der Waals surface area (Å²) in [5, 5.41) is 3.39. The maximum absolute atomic E-state index is 3.39. The van der Waals surface area contributed by atoms with Crippen molar-refractivity contribution < 1.29 is 0 Å². The average Bonchev–Trinajstić information content (AvgIpc) is 2.27. The number of aryl methyl sites for hydroxylation is 2. The van der Waals surface area contributed by atoms with Crippen LogP contribution in [-0.2, 0) is 6.42 Å². The first-order chi connectivity index (χ1) is 7.74. The zero-order chi connectivity index (χ0) is 11.4. The molecule has 0 aliphatic carbocycles. The van der Waals surface area contributed by atoms with E-state index >= 15 is 0 Å². The molecule has 88 valence electrons. The Kier molecular flexibility index (Phi) is 3.97. The van der Waals surface area contributed by atoms with Crippen molar-refractivity contribution in [1.82, 2.24) is 10.2 Å². The van der Waals surface area contributed by atoms with E-state index in [1.54, 1.807) is 0 Å². The van der Waals surface area contributed by atoms with Crippen LogP contribution in [-0.4, -0.2) is 37.6 Å². The van der Waals surface area contributed by atoms with Crippen molar-refractivity contribution >= 4 is 0 Å². The van der Waals surface area contributed by atoms with Gasteiger partial charge < -0.3 is 10.2 Å². The molecule has 0 saturated carbocycles. The minimum absolute atomic E-state index is 1.15. The number of hydrogen-bond donors (Lipinski definition) is 1. The monoisotopic (exact) mass is 218 g/mol. The molecule has 16 heavy (non-hydrogen) atoms. The van der Waals surface area contributed by atoms with Crippen molar-refractivity contribution in [3.05, 3.63) is 34.9 Å². The Labute approximate surface area is 98.7 Å². The molecule has 1 aliphatic heterocycles. The van der Waals surface area contributed by atoms with Gasteiger partial charge in [0.1, 0.15) is 0 Å². The van der Waals surface area contributed by atoms with Crippen LogP contribution < -0.4 is 5.32 Å². The third kappa shape index (κ3) is 3.32. The van der Waals surface area contributed by atoms with Crippen LogP contribution in [0.25, 0.3) is 0 Å². The molecule has 1 heterocycles. The highest BCUT2D eigenvalue weighted by Gasteiger charge is 2.08. The Morgan fingerprint density at radius 2 is 1.69 bits per heavy atom. The van der Waals surface area contributed by atoms with Crippen LogP contribution >= 0.6 is 0 Å². The lowest BCUT2D eigenvalue weighted by atomic mass is 10.0. The summed E-state index contributed by atoms with van der Waals surface area (Å²) < 4.78 is 0. The smallest absolute Gasteiger partial charge is 0.0108 e. The lowest BCUT2D eigenvalue weighted by molar-refractivity contribution is 0.244. The predicted molar refractivity (Wildman–Crippen MR) is 68.9 cm³/mol. The van der Waals surface area contributed by atoms with Gasteiger partial charge in [-0.3, -0.25) is 0 Å². The van der Waals surface area contributed by atoms with Crippen LogP contribution in [0.2, 0.25) is 0 Å². The van der Waals surface area contributed by atoms with Crippen molar-refractivity contribution in [2.45, 2.75) is 20.3 Å². The van der Waals surface area contributed by atoms with Gasteiger partial charge in [0.25, 0.3) is 0 Å². The molecule has 0 spiro atoms. The molecule has 0 bridgehead atoms. The SMILES string of the molecule is Cc1cc(C)cc(CCN2CCNCC2)c1. The molecular formula is C14H22N2. The Morgan fingerprint density at radius 1 is 1.06 bits per heavy atom. The summed E-state index contributed by atoms with van der Waals surface area (Å²) >= 11 is 0. The molecule has 0 aromatic heterocycles. The fourth-order valence-corrected chi connectivity index (χ4v) is 2.44. The van der Waals surface area contributed by atoms with E-state index in [2.05, 4.69) is 42.3 Å². The Hall–Kier alpha value is -0.860. The van der Waals surface area contributed by atoms with E-state index in [0.29, 0.717) is 0 Å². The third-order valence-electron chi connectivity index (χ3n) is 3.21. The minimum Gasteiger partial charge on any atom is -0.314 e. The van der Waals surface area contributed by atoms with Crippen molar-refractivity contribution in [3.63, 3.8) is 0 Å². The largest absolute Gasteiger partial charge is 0.314 e. The average molecular weight is 218 g/mol. The first-order valence-corrected chi connectivity index (χ1v) is 6.24. The van der Waals surface area contributed by atoms with E-state index in [4.69, 9.17) is 0 Å². The number of piperazine rings is 1. The summed E-state index contributed by atoms with van der Waals surface area (Å²) in [6.07, 6.45) is 1.18. The molecular weight excluding hydrogens is 196 g/mol. The molecule has 1 N–H and O–H groups in total. The Bertz CT molecular complexity index is 320. The van der Waals surface area contributed by atoms with Gasteiger partial charge >= 0.3 is 0 Å². The van der Waals surface area contributed by atoms with Gasteiger partial charge in [0.15, 0.2) is 0 Å². The summed E-state index contributed by atoms with van der Waals surface area (Å²) in [6, 6.07) is 6.87. The van der Waals surface area contributed by atoms with Crippen LogP contribution in [0.1, 0.15) is 16.7 Å². The van der Waals surface area contributed by atoms with Crippen molar-refractivity contribution in [3.8, 4) is 0 Å². The fourth-order valence-electron chi connectivity index (χ4n) is 2.44. The topological polar surface area (TPSA) is 15.3 Å². The molecule has 0 amide bonds. The van der Waals surface area contributed by atoms with Gasteiger partial charge in [-0.1, -0.05) is 29.3 Å². The highest BCUT2D eigenvalue weighted by atomic mass is 15.2. The number of benzene rings is 1. The van der Waals surface area contributed by atoms with E-state index in [9.17, 15) is 0 Å². The van der Waals surface area contributed by atoms with Crippen LogP contribution in [0.3, 0.4) is 0 Å². The van der Waals surface area contributed by atoms with Gasteiger partial charge in [0.05, 0.1) is 0 Å². The van der Waals surface area contributed by atoms with Gasteiger partial charge in [-0.25, -0.2) is 0 Å². The number of nitrogens with zero attached hydrogens (tertiary/aromatic N) is 1. The second-order valence-corrected chi connectivity index (χ2v) is 4.84. The summed E-state index contributed by atoms with van der Waals surface area (Å²) in [5.41, 5.74) is 4.25. The summed E-state index contributed by atoms with van der Waals surface area (Å²) in [7, 11) is 0. The normalized spacial score (nSPS) is 17.6. The Balaban J connectivity index is 1.88. The first kappa shape index (κ1) is 11.6. The molecule has 0 radical (unpaired) electrons. The maximum atomic E-state index is 3.39. The van der Waals surface area contributed by atoms with Crippen molar-refractivity contribution in [2.24, 2.45) is 0 Å². The number of hydrogen-bond acceptors (Lipinski definition) is 2. The van der Waals surface area contributed by atoms with Gasteiger partial charge in [0, 0.05) is 32.7 Å². The van der Waals surface area contributed by atoms with Gasteiger partial charge in [0.2, 0.25) is 0 Å². The molecule has 2 heteroatoms. The zero-order valence-corrected chi connectivity index (χ0v) is 10.4. The third-order valence-corrected chi connectivity index (χ3v) is 3.21. The molecule has 0 atom stereocenters. The quantitative estimate of drug-likeness (QED) is 0.831. The van der Waals surface area contributed by atoms with Crippen molar-refractivity contribution in [1.29, 1.82) is 0 Å².